The largest absolute Gasteiger partial charge is 0.396 e. The molecule has 6 nitrogen and oxygen atoms in total. The molecule has 0 aliphatic heterocycles. The van der Waals surface area contributed by atoms with Crippen molar-refractivity contribution in [1.29, 1.82) is 0 Å². The quantitative estimate of drug-likeness (QED) is 0.0610. The molecule has 0 unspecified atom stereocenters. The molecule has 0 heterocycles. The van der Waals surface area contributed by atoms with Gasteiger partial charge in [0, 0.05) is 61.0 Å². The van der Waals surface area contributed by atoms with E-state index in [4.69, 9.17) is 0 Å². The minimum absolute atomic E-state index is 0.0352. The van der Waals surface area contributed by atoms with Crippen LogP contribution in [0.5, 0.6) is 0 Å². The van der Waals surface area contributed by atoms with Crippen LogP contribution in [0.3, 0.4) is 0 Å². The van der Waals surface area contributed by atoms with E-state index >= 15 is 0 Å². The maximum Gasteiger partial charge on any atom is 0.187 e. The number of carbonyl (C=O) groups is 2. The van der Waals surface area contributed by atoms with Gasteiger partial charge < -0.3 is 20.8 Å². The second-order valence-corrected chi connectivity index (χ2v) is 12.0. The number of benzene rings is 4. The van der Waals surface area contributed by atoms with Crippen LogP contribution in [0.15, 0.2) is 108 Å². The van der Waals surface area contributed by atoms with Crippen LogP contribution < -0.4 is 10.6 Å². The standard InChI is InChI=1S/C40H40N2O4/c43-19-5-9-33(25-39(45)29-13-15-37-31(23-29)21-27-7-1-3-11-35(27)37)41-17-18-42-34(10-6-20-44)26-40(46)30-14-16-38-32(24-30)22-28-8-2-4-12-36(28)38/h1-4,7-8,11-16,23-26,41-44H,5-6,9-10,17-22H2/b33-25-,34-26-. The summed E-state index contributed by atoms with van der Waals surface area (Å²) in [6, 6.07) is 28.5. The molecular formula is C40H40N2O4. The van der Waals surface area contributed by atoms with Gasteiger partial charge in [-0.15, -0.1) is 0 Å². The summed E-state index contributed by atoms with van der Waals surface area (Å²) >= 11 is 0. The van der Waals surface area contributed by atoms with Crippen LogP contribution in [0.1, 0.15) is 68.7 Å². The number of rotatable bonds is 15. The molecule has 0 radical (unpaired) electrons. The average Bonchev–Trinajstić information content (AvgIpc) is 3.65. The number of carbonyl (C=O) groups excluding carboxylic acids is 2. The molecule has 4 aromatic carbocycles. The van der Waals surface area contributed by atoms with Crippen LogP contribution in [0.2, 0.25) is 0 Å². The molecule has 46 heavy (non-hydrogen) atoms. The number of allylic oxidation sites excluding steroid dienone is 4. The molecule has 0 bridgehead atoms. The Labute approximate surface area is 270 Å². The molecule has 6 heteroatoms. The monoisotopic (exact) mass is 612 g/mol. The Morgan fingerprint density at radius 2 is 0.978 bits per heavy atom. The third-order valence-corrected chi connectivity index (χ3v) is 8.80. The lowest BCUT2D eigenvalue weighted by Gasteiger charge is -2.14. The molecule has 0 atom stereocenters. The summed E-state index contributed by atoms with van der Waals surface area (Å²) in [5.74, 6) is -0.141. The third kappa shape index (κ3) is 7.04. The molecule has 2 aliphatic rings. The second-order valence-electron chi connectivity index (χ2n) is 12.0. The zero-order valence-corrected chi connectivity index (χ0v) is 26.0. The number of hydrogen-bond acceptors (Lipinski definition) is 6. The van der Waals surface area contributed by atoms with Crippen molar-refractivity contribution in [3.63, 3.8) is 0 Å². The highest BCUT2D eigenvalue weighted by molar-refractivity contribution is 6.06. The Hall–Kier alpha value is -4.78. The van der Waals surface area contributed by atoms with E-state index in [0.717, 1.165) is 35.4 Å². The first-order valence-corrected chi connectivity index (χ1v) is 16.2. The van der Waals surface area contributed by atoms with Gasteiger partial charge in [-0.3, -0.25) is 9.59 Å². The van der Waals surface area contributed by atoms with Gasteiger partial charge in [0.1, 0.15) is 0 Å². The molecule has 2 aliphatic carbocycles. The van der Waals surface area contributed by atoms with Crippen LogP contribution in [0, 0.1) is 0 Å². The van der Waals surface area contributed by atoms with Crippen LogP contribution in [0.25, 0.3) is 22.3 Å². The fraction of sp³-hybridized carbons (Fsp3) is 0.250. The van der Waals surface area contributed by atoms with Crippen molar-refractivity contribution in [3.8, 4) is 22.3 Å². The topological polar surface area (TPSA) is 98.7 Å². The van der Waals surface area contributed by atoms with Gasteiger partial charge >= 0.3 is 0 Å². The van der Waals surface area contributed by atoms with Crippen molar-refractivity contribution in [1.82, 2.24) is 10.6 Å². The number of aliphatic hydroxyl groups is 2. The minimum Gasteiger partial charge on any atom is -0.396 e. The summed E-state index contributed by atoms with van der Waals surface area (Å²) in [6.45, 7) is 1.11. The van der Waals surface area contributed by atoms with E-state index < -0.39 is 0 Å². The molecule has 6 rings (SSSR count). The molecule has 4 N–H and O–H groups in total. The lowest BCUT2D eigenvalue weighted by molar-refractivity contribution is 0.103. The number of hydrogen-bond donors (Lipinski definition) is 4. The summed E-state index contributed by atoms with van der Waals surface area (Å²) in [7, 11) is 0. The van der Waals surface area contributed by atoms with Gasteiger partial charge in [-0.05, 0) is 95.2 Å². The van der Waals surface area contributed by atoms with Gasteiger partial charge in [-0.25, -0.2) is 0 Å². The highest BCUT2D eigenvalue weighted by Crippen LogP contribution is 2.38. The first kappa shape index (κ1) is 31.2. The van der Waals surface area contributed by atoms with E-state index in [9.17, 15) is 19.8 Å². The van der Waals surface area contributed by atoms with E-state index in [1.165, 1.54) is 33.4 Å². The Morgan fingerprint density at radius 3 is 1.41 bits per heavy atom. The van der Waals surface area contributed by atoms with Crippen molar-refractivity contribution < 1.29 is 19.8 Å². The Kier molecular flexibility index (Phi) is 9.87. The number of nitrogens with one attached hydrogen (secondary N) is 2. The zero-order chi connectivity index (χ0) is 31.9. The molecule has 0 spiro atoms. The second kappa shape index (κ2) is 14.5. The summed E-state index contributed by atoms with van der Waals surface area (Å²) in [5, 5.41) is 25.6. The predicted octanol–water partition coefficient (Wildman–Crippen LogP) is 6.39. The van der Waals surface area contributed by atoms with Gasteiger partial charge in [0.25, 0.3) is 0 Å². The van der Waals surface area contributed by atoms with E-state index in [1.54, 1.807) is 12.2 Å². The Morgan fingerprint density at radius 1 is 0.565 bits per heavy atom. The third-order valence-electron chi connectivity index (χ3n) is 8.80. The smallest absolute Gasteiger partial charge is 0.187 e. The first-order chi connectivity index (χ1) is 22.5. The molecule has 0 amide bonds. The molecule has 0 fully saturated rings. The molecule has 0 saturated heterocycles. The molecule has 234 valence electrons. The lowest BCUT2D eigenvalue weighted by atomic mass is 10.0. The minimum atomic E-state index is -0.0706. The normalized spacial score (nSPS) is 13.1. The fourth-order valence-electron chi connectivity index (χ4n) is 6.49. The fourth-order valence-corrected chi connectivity index (χ4v) is 6.49. The van der Waals surface area contributed by atoms with Crippen molar-refractivity contribution in [3.05, 3.63) is 142 Å². The van der Waals surface area contributed by atoms with E-state index in [2.05, 4.69) is 34.9 Å². The number of ketones is 2. The van der Waals surface area contributed by atoms with Gasteiger partial charge in [0.15, 0.2) is 11.6 Å². The van der Waals surface area contributed by atoms with Gasteiger partial charge in [-0.1, -0.05) is 72.8 Å². The van der Waals surface area contributed by atoms with Gasteiger partial charge in [0.05, 0.1) is 0 Å². The maximum absolute atomic E-state index is 13.3. The van der Waals surface area contributed by atoms with E-state index in [-0.39, 0.29) is 24.8 Å². The number of fused-ring (bicyclic) bond motifs is 6. The summed E-state index contributed by atoms with van der Waals surface area (Å²) in [6.07, 6.45) is 7.11. The molecule has 4 aromatic rings. The summed E-state index contributed by atoms with van der Waals surface area (Å²) < 4.78 is 0. The summed E-state index contributed by atoms with van der Waals surface area (Å²) in [5.41, 5.74) is 12.6. The SMILES string of the molecule is O=C(/C=C(/CCCO)NCCN/C(=C\C(=O)c1ccc2c(c1)Cc1ccccc1-2)CCCO)c1ccc2c(c1)Cc1ccccc1-2. The predicted molar refractivity (Wildman–Crippen MR) is 183 cm³/mol. The summed E-state index contributed by atoms with van der Waals surface area (Å²) in [4.78, 5) is 26.6. The first-order valence-electron chi connectivity index (χ1n) is 16.2. The van der Waals surface area contributed by atoms with Crippen LogP contribution >= 0.6 is 0 Å². The van der Waals surface area contributed by atoms with Crippen molar-refractivity contribution >= 4 is 11.6 Å². The van der Waals surface area contributed by atoms with E-state index in [1.807, 2.05) is 60.7 Å². The Bertz CT molecular complexity index is 1690. The Balaban J connectivity index is 1.08. The van der Waals surface area contributed by atoms with Crippen LogP contribution in [-0.2, 0) is 12.8 Å². The highest BCUT2D eigenvalue weighted by Gasteiger charge is 2.20. The van der Waals surface area contributed by atoms with E-state index in [0.29, 0.717) is 49.9 Å². The lowest BCUT2D eigenvalue weighted by Crippen LogP contribution is -2.27. The highest BCUT2D eigenvalue weighted by atomic mass is 16.3. The van der Waals surface area contributed by atoms with Crippen molar-refractivity contribution in [2.75, 3.05) is 26.3 Å². The zero-order valence-electron chi connectivity index (χ0n) is 26.0. The molecule has 0 saturated carbocycles. The molecular weight excluding hydrogens is 572 g/mol. The van der Waals surface area contributed by atoms with Crippen LogP contribution in [-0.4, -0.2) is 48.1 Å². The number of aliphatic hydroxyl groups excluding tert-OH is 2. The van der Waals surface area contributed by atoms with Crippen molar-refractivity contribution in [2.45, 2.75) is 38.5 Å². The molecule has 0 aromatic heterocycles. The maximum atomic E-state index is 13.3. The van der Waals surface area contributed by atoms with Crippen LogP contribution in [0.4, 0.5) is 0 Å². The van der Waals surface area contributed by atoms with Gasteiger partial charge in [0.2, 0.25) is 0 Å². The average molecular weight is 613 g/mol. The van der Waals surface area contributed by atoms with Gasteiger partial charge in [-0.2, -0.15) is 0 Å². The van der Waals surface area contributed by atoms with Crippen molar-refractivity contribution in [2.24, 2.45) is 0 Å².